The van der Waals surface area contributed by atoms with Crippen LogP contribution >= 0.6 is 0 Å². The molecule has 1 fully saturated rings. The van der Waals surface area contributed by atoms with Gasteiger partial charge in [-0.2, -0.15) is 4.98 Å². The first-order valence-electron chi connectivity index (χ1n) is 7.89. The van der Waals surface area contributed by atoms with Crippen LogP contribution in [0.25, 0.3) is 0 Å². The van der Waals surface area contributed by atoms with E-state index < -0.39 is 0 Å². The zero-order chi connectivity index (χ0) is 16.2. The van der Waals surface area contributed by atoms with Crippen LogP contribution in [0.15, 0.2) is 28.2 Å². The Morgan fingerprint density at radius 1 is 1.52 bits per heavy atom. The Labute approximate surface area is 135 Å². The van der Waals surface area contributed by atoms with Gasteiger partial charge in [0, 0.05) is 32.5 Å². The van der Waals surface area contributed by atoms with Crippen molar-refractivity contribution in [1.29, 1.82) is 0 Å². The second-order valence-corrected chi connectivity index (χ2v) is 5.93. The molecule has 1 aliphatic heterocycles. The first kappa shape index (κ1) is 15.5. The summed E-state index contributed by atoms with van der Waals surface area (Å²) in [6, 6.07) is 0.399. The molecule has 3 heterocycles. The van der Waals surface area contributed by atoms with Crippen molar-refractivity contribution >= 4 is 5.96 Å². The van der Waals surface area contributed by atoms with Crippen molar-refractivity contribution in [3.8, 4) is 0 Å². The molecule has 0 aliphatic carbocycles. The smallest absolute Gasteiger partial charge is 0.246 e. The molecule has 2 unspecified atom stereocenters. The van der Waals surface area contributed by atoms with Crippen molar-refractivity contribution in [2.75, 3.05) is 20.1 Å². The van der Waals surface area contributed by atoms with E-state index in [1.807, 2.05) is 25.6 Å². The molecule has 1 aliphatic rings. The third-order valence-electron chi connectivity index (χ3n) is 4.31. The van der Waals surface area contributed by atoms with E-state index in [4.69, 9.17) is 4.52 Å². The summed E-state index contributed by atoms with van der Waals surface area (Å²) in [5.41, 5.74) is 0. The SMILES string of the molecule is CN=C(NCc1nc(C)no1)N1CCC(C)C(n2ccnc2)C1. The van der Waals surface area contributed by atoms with Crippen molar-refractivity contribution in [2.45, 2.75) is 32.9 Å². The maximum absolute atomic E-state index is 5.13. The van der Waals surface area contributed by atoms with Crippen molar-refractivity contribution in [1.82, 2.24) is 29.9 Å². The zero-order valence-electron chi connectivity index (χ0n) is 13.8. The number of hydrogen-bond acceptors (Lipinski definition) is 5. The number of piperidine rings is 1. The number of aromatic nitrogens is 4. The maximum Gasteiger partial charge on any atom is 0.246 e. The summed E-state index contributed by atoms with van der Waals surface area (Å²) in [4.78, 5) is 15.0. The second-order valence-electron chi connectivity index (χ2n) is 5.93. The van der Waals surface area contributed by atoms with Crippen molar-refractivity contribution in [2.24, 2.45) is 10.9 Å². The van der Waals surface area contributed by atoms with Gasteiger partial charge in [0.2, 0.25) is 5.89 Å². The van der Waals surface area contributed by atoms with Crippen LogP contribution < -0.4 is 5.32 Å². The van der Waals surface area contributed by atoms with Crippen LogP contribution in [0.2, 0.25) is 0 Å². The average Bonchev–Trinajstić information content (AvgIpc) is 3.21. The molecule has 23 heavy (non-hydrogen) atoms. The van der Waals surface area contributed by atoms with Crippen LogP contribution in [0.4, 0.5) is 0 Å². The Balaban J connectivity index is 1.64. The monoisotopic (exact) mass is 317 g/mol. The standard InChI is InChI=1S/C15H23N7O/c1-11-4-6-21(9-13(11)22-7-5-17-10-22)15(16-3)18-8-14-19-12(2)20-23-14/h5,7,10-11,13H,4,6,8-9H2,1-3H3,(H,16,18). The van der Waals surface area contributed by atoms with Gasteiger partial charge in [-0.25, -0.2) is 4.98 Å². The van der Waals surface area contributed by atoms with Gasteiger partial charge in [-0.15, -0.1) is 0 Å². The van der Waals surface area contributed by atoms with Gasteiger partial charge in [0.25, 0.3) is 0 Å². The highest BCUT2D eigenvalue weighted by atomic mass is 16.5. The van der Waals surface area contributed by atoms with Gasteiger partial charge in [-0.05, 0) is 19.3 Å². The van der Waals surface area contributed by atoms with Crippen molar-refractivity contribution in [3.63, 3.8) is 0 Å². The fourth-order valence-electron chi connectivity index (χ4n) is 2.99. The summed E-state index contributed by atoms with van der Waals surface area (Å²) >= 11 is 0. The topological polar surface area (TPSA) is 84.4 Å². The molecule has 3 rings (SSSR count). The summed E-state index contributed by atoms with van der Waals surface area (Å²) in [6.07, 6.45) is 6.87. The summed E-state index contributed by atoms with van der Waals surface area (Å²) < 4.78 is 7.32. The highest BCUT2D eigenvalue weighted by molar-refractivity contribution is 5.79. The minimum absolute atomic E-state index is 0.399. The summed E-state index contributed by atoms with van der Waals surface area (Å²) in [6.45, 7) is 6.47. The first-order chi connectivity index (χ1) is 11.2. The Bertz CT molecular complexity index is 649. The quantitative estimate of drug-likeness (QED) is 0.677. The largest absolute Gasteiger partial charge is 0.347 e. The third-order valence-corrected chi connectivity index (χ3v) is 4.31. The number of likely N-dealkylation sites (tertiary alicyclic amines) is 1. The fraction of sp³-hybridized carbons (Fsp3) is 0.600. The molecular formula is C15H23N7O. The number of rotatable bonds is 3. The molecule has 0 amide bonds. The molecule has 8 nitrogen and oxygen atoms in total. The molecule has 2 aromatic rings. The average molecular weight is 317 g/mol. The van der Waals surface area contributed by atoms with Crippen LogP contribution in [-0.2, 0) is 6.54 Å². The molecule has 0 radical (unpaired) electrons. The Morgan fingerprint density at radius 2 is 2.39 bits per heavy atom. The van der Waals surface area contributed by atoms with Crippen LogP contribution in [0.1, 0.15) is 31.1 Å². The van der Waals surface area contributed by atoms with E-state index in [0.29, 0.717) is 30.2 Å². The zero-order valence-corrected chi connectivity index (χ0v) is 13.8. The van der Waals surface area contributed by atoms with Gasteiger partial charge < -0.3 is 19.3 Å². The Kier molecular flexibility index (Phi) is 4.59. The number of aryl methyl sites for hydroxylation is 1. The number of nitrogens with zero attached hydrogens (tertiary/aromatic N) is 6. The lowest BCUT2D eigenvalue weighted by atomic mass is 9.93. The van der Waals surface area contributed by atoms with Gasteiger partial charge in [-0.1, -0.05) is 12.1 Å². The molecule has 0 bridgehead atoms. The van der Waals surface area contributed by atoms with E-state index in [2.05, 4.69) is 41.8 Å². The molecule has 8 heteroatoms. The number of imidazole rings is 1. The van der Waals surface area contributed by atoms with Crippen LogP contribution in [0.3, 0.4) is 0 Å². The highest BCUT2D eigenvalue weighted by Gasteiger charge is 2.28. The first-order valence-corrected chi connectivity index (χ1v) is 7.89. The van der Waals surface area contributed by atoms with E-state index in [0.717, 1.165) is 25.5 Å². The van der Waals surface area contributed by atoms with E-state index in [9.17, 15) is 0 Å². The van der Waals surface area contributed by atoms with Crippen molar-refractivity contribution in [3.05, 3.63) is 30.4 Å². The van der Waals surface area contributed by atoms with E-state index >= 15 is 0 Å². The number of hydrogen-bond donors (Lipinski definition) is 1. The molecule has 0 spiro atoms. The van der Waals surface area contributed by atoms with E-state index in [1.165, 1.54) is 0 Å². The minimum atomic E-state index is 0.399. The molecule has 2 atom stereocenters. The lowest BCUT2D eigenvalue weighted by molar-refractivity contribution is 0.188. The maximum atomic E-state index is 5.13. The Morgan fingerprint density at radius 3 is 3.04 bits per heavy atom. The molecular weight excluding hydrogens is 294 g/mol. The van der Waals surface area contributed by atoms with Crippen LogP contribution in [-0.4, -0.2) is 50.7 Å². The molecule has 0 aromatic carbocycles. The molecule has 0 saturated carbocycles. The molecule has 2 aromatic heterocycles. The molecule has 1 N–H and O–H groups in total. The predicted octanol–water partition coefficient (Wildman–Crippen LogP) is 1.23. The fourth-order valence-corrected chi connectivity index (χ4v) is 2.99. The summed E-state index contributed by atoms with van der Waals surface area (Å²) in [5.74, 6) is 2.68. The van der Waals surface area contributed by atoms with Gasteiger partial charge in [-0.3, -0.25) is 4.99 Å². The van der Waals surface area contributed by atoms with E-state index in [1.54, 1.807) is 7.05 Å². The van der Waals surface area contributed by atoms with Gasteiger partial charge in [0.05, 0.1) is 18.9 Å². The molecule has 1 saturated heterocycles. The number of guanidine groups is 1. The van der Waals surface area contributed by atoms with Gasteiger partial charge in [0.15, 0.2) is 11.8 Å². The normalized spacial score (nSPS) is 22.4. The van der Waals surface area contributed by atoms with E-state index in [-0.39, 0.29) is 0 Å². The lowest BCUT2D eigenvalue weighted by Gasteiger charge is -2.39. The van der Waals surface area contributed by atoms with Crippen molar-refractivity contribution < 1.29 is 4.52 Å². The predicted molar refractivity (Wildman–Crippen MR) is 85.9 cm³/mol. The highest BCUT2D eigenvalue weighted by Crippen LogP contribution is 2.27. The third kappa shape index (κ3) is 3.52. The number of aliphatic imine (C=N–C) groups is 1. The summed E-state index contributed by atoms with van der Waals surface area (Å²) in [5, 5.41) is 7.10. The minimum Gasteiger partial charge on any atom is -0.347 e. The van der Waals surface area contributed by atoms with Crippen LogP contribution in [0, 0.1) is 12.8 Å². The summed E-state index contributed by atoms with van der Waals surface area (Å²) in [7, 11) is 1.80. The second kappa shape index (κ2) is 6.80. The van der Waals surface area contributed by atoms with Gasteiger partial charge in [0.1, 0.15) is 0 Å². The van der Waals surface area contributed by atoms with Gasteiger partial charge >= 0.3 is 0 Å². The lowest BCUT2D eigenvalue weighted by Crippen LogP contribution is -2.48. The Hall–Kier alpha value is -2.38. The molecule has 124 valence electrons. The number of nitrogens with one attached hydrogen (secondary N) is 1. The van der Waals surface area contributed by atoms with Crippen LogP contribution in [0.5, 0.6) is 0 Å².